The minimum atomic E-state index is -0.274. The van der Waals surface area contributed by atoms with E-state index in [1.165, 1.54) is 0 Å². The number of carbonyl (C=O) groups is 2. The molecule has 0 saturated carbocycles. The van der Waals surface area contributed by atoms with Crippen LogP contribution in [0.25, 0.3) is 0 Å². The van der Waals surface area contributed by atoms with Crippen LogP contribution in [0.2, 0.25) is 0 Å². The van der Waals surface area contributed by atoms with E-state index in [0.29, 0.717) is 30.3 Å². The molecule has 1 aliphatic rings. The van der Waals surface area contributed by atoms with Crippen molar-refractivity contribution in [1.29, 1.82) is 0 Å². The molecule has 0 radical (unpaired) electrons. The molecule has 1 heterocycles. The van der Waals surface area contributed by atoms with E-state index in [2.05, 4.69) is 41.5 Å². The molecule has 0 fully saturated rings. The molecule has 0 unspecified atom stereocenters. The maximum atomic E-state index is 12.1. The molecule has 2 rings (SSSR count). The predicted octanol–water partition coefficient (Wildman–Crippen LogP) is 2.13. The molecule has 0 aliphatic carbocycles. The van der Waals surface area contributed by atoms with Crippen LogP contribution < -0.4 is 15.6 Å². The third-order valence-electron chi connectivity index (χ3n) is 3.59. The van der Waals surface area contributed by atoms with Crippen molar-refractivity contribution >= 4 is 28.9 Å². The molecule has 1 aliphatic heterocycles. The standard InChI is InChI=1S/C16H22N4O2/c1-4-20(11(2)3)13-7-5-12(6-8-13)17-16(22)14-9-10-15(21)19-18-14/h5-8,11H,4,9-10H2,1-3H3,(H,17,22)(H,19,21). The first-order valence-corrected chi connectivity index (χ1v) is 7.54. The number of anilines is 2. The Kier molecular flexibility index (Phi) is 5.14. The zero-order chi connectivity index (χ0) is 16.1. The maximum absolute atomic E-state index is 12.1. The summed E-state index contributed by atoms with van der Waals surface area (Å²) < 4.78 is 0. The molecule has 0 saturated heterocycles. The van der Waals surface area contributed by atoms with Crippen LogP contribution in [-0.2, 0) is 9.59 Å². The maximum Gasteiger partial charge on any atom is 0.271 e. The van der Waals surface area contributed by atoms with Crippen molar-refractivity contribution in [2.45, 2.75) is 39.7 Å². The number of nitrogens with zero attached hydrogens (tertiary/aromatic N) is 2. The van der Waals surface area contributed by atoms with Crippen molar-refractivity contribution in [3.63, 3.8) is 0 Å². The summed E-state index contributed by atoms with van der Waals surface area (Å²) in [5.74, 6) is -0.432. The van der Waals surface area contributed by atoms with Gasteiger partial charge in [-0.05, 0) is 45.0 Å². The van der Waals surface area contributed by atoms with Gasteiger partial charge >= 0.3 is 0 Å². The van der Waals surface area contributed by atoms with Gasteiger partial charge in [0.1, 0.15) is 5.71 Å². The van der Waals surface area contributed by atoms with Crippen molar-refractivity contribution < 1.29 is 9.59 Å². The highest BCUT2D eigenvalue weighted by Gasteiger charge is 2.18. The van der Waals surface area contributed by atoms with Crippen molar-refractivity contribution in [1.82, 2.24) is 5.43 Å². The second-order valence-corrected chi connectivity index (χ2v) is 5.47. The average molecular weight is 302 g/mol. The number of rotatable bonds is 5. The largest absolute Gasteiger partial charge is 0.369 e. The first-order valence-electron chi connectivity index (χ1n) is 7.54. The molecule has 6 nitrogen and oxygen atoms in total. The lowest BCUT2D eigenvalue weighted by Crippen LogP contribution is -2.32. The number of hydrogen-bond acceptors (Lipinski definition) is 4. The molecule has 0 atom stereocenters. The van der Waals surface area contributed by atoms with Crippen molar-refractivity contribution in [2.24, 2.45) is 5.10 Å². The van der Waals surface area contributed by atoms with Gasteiger partial charge in [-0.25, -0.2) is 5.43 Å². The second-order valence-electron chi connectivity index (χ2n) is 5.47. The van der Waals surface area contributed by atoms with Crippen molar-refractivity contribution in [3.8, 4) is 0 Å². The van der Waals surface area contributed by atoms with E-state index in [1.54, 1.807) is 0 Å². The Labute approximate surface area is 130 Å². The van der Waals surface area contributed by atoms with E-state index in [4.69, 9.17) is 0 Å². The van der Waals surface area contributed by atoms with E-state index in [0.717, 1.165) is 12.2 Å². The molecule has 6 heteroatoms. The summed E-state index contributed by atoms with van der Waals surface area (Å²) in [6.45, 7) is 7.34. The molecular formula is C16H22N4O2. The van der Waals surface area contributed by atoms with E-state index < -0.39 is 0 Å². The van der Waals surface area contributed by atoms with Gasteiger partial charge < -0.3 is 10.2 Å². The fraction of sp³-hybridized carbons (Fsp3) is 0.438. The van der Waals surface area contributed by atoms with Crippen molar-refractivity contribution in [2.75, 3.05) is 16.8 Å². The SMILES string of the molecule is CCN(c1ccc(NC(=O)C2=NNC(=O)CC2)cc1)C(C)C. The third-order valence-corrected chi connectivity index (χ3v) is 3.59. The van der Waals surface area contributed by atoms with E-state index in [-0.39, 0.29) is 11.8 Å². The minimum absolute atomic E-state index is 0.158. The summed E-state index contributed by atoms with van der Waals surface area (Å²) in [7, 11) is 0. The Balaban J connectivity index is 2.02. The van der Waals surface area contributed by atoms with Gasteiger partial charge in [-0.1, -0.05) is 0 Å². The van der Waals surface area contributed by atoms with Crippen LogP contribution >= 0.6 is 0 Å². The fourth-order valence-corrected chi connectivity index (χ4v) is 2.42. The smallest absolute Gasteiger partial charge is 0.271 e. The molecule has 2 amide bonds. The lowest BCUT2D eigenvalue weighted by Gasteiger charge is -2.27. The van der Waals surface area contributed by atoms with Gasteiger partial charge in [0.25, 0.3) is 5.91 Å². The lowest BCUT2D eigenvalue weighted by atomic mass is 10.1. The number of benzene rings is 1. The summed E-state index contributed by atoms with van der Waals surface area (Å²) in [6.07, 6.45) is 0.664. The molecule has 118 valence electrons. The highest BCUT2D eigenvalue weighted by Crippen LogP contribution is 2.20. The van der Waals surface area contributed by atoms with Crippen LogP contribution in [0.4, 0.5) is 11.4 Å². The quantitative estimate of drug-likeness (QED) is 0.875. The van der Waals surface area contributed by atoms with Crippen LogP contribution in [0, 0.1) is 0 Å². The number of hydrazone groups is 1. The Morgan fingerprint density at radius 3 is 2.50 bits per heavy atom. The topological polar surface area (TPSA) is 73.8 Å². The summed E-state index contributed by atoms with van der Waals surface area (Å²) in [5, 5.41) is 6.59. The molecule has 22 heavy (non-hydrogen) atoms. The second kappa shape index (κ2) is 7.06. The van der Waals surface area contributed by atoms with Gasteiger partial charge in [0.2, 0.25) is 5.91 Å². The molecule has 1 aromatic rings. The van der Waals surface area contributed by atoms with Gasteiger partial charge in [-0.15, -0.1) is 0 Å². The van der Waals surface area contributed by atoms with Gasteiger partial charge in [-0.3, -0.25) is 9.59 Å². The van der Waals surface area contributed by atoms with E-state index in [9.17, 15) is 9.59 Å². The molecule has 0 bridgehead atoms. The minimum Gasteiger partial charge on any atom is -0.369 e. The highest BCUT2D eigenvalue weighted by atomic mass is 16.2. The van der Waals surface area contributed by atoms with Gasteiger partial charge in [0.05, 0.1) is 0 Å². The Morgan fingerprint density at radius 1 is 1.32 bits per heavy atom. The first kappa shape index (κ1) is 16.0. The molecule has 0 spiro atoms. The van der Waals surface area contributed by atoms with E-state index in [1.807, 2.05) is 24.3 Å². The third kappa shape index (κ3) is 3.84. The fourth-order valence-electron chi connectivity index (χ4n) is 2.42. The van der Waals surface area contributed by atoms with Crippen LogP contribution in [0.3, 0.4) is 0 Å². The number of carbonyl (C=O) groups excluding carboxylic acids is 2. The first-order chi connectivity index (χ1) is 10.5. The predicted molar refractivity (Wildman–Crippen MR) is 88.0 cm³/mol. The molecule has 1 aromatic carbocycles. The summed E-state index contributed by atoms with van der Waals surface area (Å²) in [6, 6.07) is 8.15. The molecule has 2 N–H and O–H groups in total. The Bertz CT molecular complexity index is 578. The average Bonchev–Trinajstić information content (AvgIpc) is 2.50. The van der Waals surface area contributed by atoms with Gasteiger partial charge in [-0.2, -0.15) is 5.10 Å². The zero-order valence-corrected chi connectivity index (χ0v) is 13.2. The van der Waals surface area contributed by atoms with Crippen LogP contribution in [0.1, 0.15) is 33.6 Å². The number of amides is 2. The van der Waals surface area contributed by atoms with E-state index >= 15 is 0 Å². The van der Waals surface area contributed by atoms with Gasteiger partial charge in [0.15, 0.2) is 0 Å². The van der Waals surface area contributed by atoms with Crippen LogP contribution in [0.15, 0.2) is 29.4 Å². The monoisotopic (exact) mass is 302 g/mol. The Hall–Kier alpha value is -2.37. The van der Waals surface area contributed by atoms with Gasteiger partial charge in [0, 0.05) is 36.8 Å². The molecule has 0 aromatic heterocycles. The lowest BCUT2D eigenvalue weighted by molar-refractivity contribution is -0.121. The molecular weight excluding hydrogens is 280 g/mol. The number of hydrogen-bond donors (Lipinski definition) is 2. The summed E-state index contributed by atoms with van der Waals surface area (Å²) in [5.41, 5.74) is 4.51. The van der Waals surface area contributed by atoms with Crippen LogP contribution in [0.5, 0.6) is 0 Å². The van der Waals surface area contributed by atoms with Crippen molar-refractivity contribution in [3.05, 3.63) is 24.3 Å². The highest BCUT2D eigenvalue weighted by molar-refractivity contribution is 6.43. The zero-order valence-electron chi connectivity index (χ0n) is 13.2. The van der Waals surface area contributed by atoms with Crippen LogP contribution in [-0.4, -0.2) is 30.1 Å². The normalized spacial score (nSPS) is 14.4. The summed E-state index contributed by atoms with van der Waals surface area (Å²) in [4.78, 5) is 25.3. The number of nitrogens with one attached hydrogen (secondary N) is 2. The Morgan fingerprint density at radius 2 is 2.00 bits per heavy atom. The summed E-state index contributed by atoms with van der Waals surface area (Å²) >= 11 is 0.